The zero-order chi connectivity index (χ0) is 14.0. The van der Waals surface area contributed by atoms with Gasteiger partial charge in [-0.3, -0.25) is 5.32 Å². The molecule has 0 radical (unpaired) electrons. The van der Waals surface area contributed by atoms with Gasteiger partial charge in [0.25, 0.3) is 0 Å². The lowest BCUT2D eigenvalue weighted by atomic mass is 9.85. The van der Waals surface area contributed by atoms with Crippen LogP contribution in [0.5, 0.6) is 0 Å². The lowest BCUT2D eigenvalue weighted by Crippen LogP contribution is -2.56. The number of nitrogens with zero attached hydrogens (tertiary/aromatic N) is 2. The first kappa shape index (κ1) is 15.5. The van der Waals surface area contributed by atoms with Gasteiger partial charge < -0.3 is 4.90 Å². The van der Waals surface area contributed by atoms with Crippen molar-refractivity contribution in [1.29, 1.82) is 5.26 Å². The monoisotopic (exact) mass is 251 g/mol. The second-order valence-corrected chi connectivity index (χ2v) is 6.84. The predicted molar refractivity (Wildman–Crippen MR) is 76.3 cm³/mol. The summed E-state index contributed by atoms with van der Waals surface area (Å²) in [6.07, 6.45) is 2.39. The van der Waals surface area contributed by atoms with Gasteiger partial charge >= 0.3 is 0 Å². The highest BCUT2D eigenvalue weighted by atomic mass is 15.2. The zero-order valence-electron chi connectivity index (χ0n) is 12.9. The quantitative estimate of drug-likeness (QED) is 0.789. The molecule has 2 unspecified atom stereocenters. The minimum Gasteiger partial charge on any atom is -0.300 e. The second-order valence-electron chi connectivity index (χ2n) is 6.84. The topological polar surface area (TPSA) is 39.1 Å². The van der Waals surface area contributed by atoms with Crippen molar-refractivity contribution >= 4 is 0 Å². The molecule has 1 aliphatic carbocycles. The van der Waals surface area contributed by atoms with Crippen molar-refractivity contribution in [2.45, 2.75) is 59.0 Å². The number of nitrogens with one attached hydrogen (secondary N) is 1. The van der Waals surface area contributed by atoms with Gasteiger partial charge in [0.05, 0.1) is 6.07 Å². The van der Waals surface area contributed by atoms with E-state index in [1.165, 1.54) is 12.8 Å². The van der Waals surface area contributed by atoms with E-state index in [0.29, 0.717) is 12.0 Å². The molecule has 104 valence electrons. The van der Waals surface area contributed by atoms with E-state index in [9.17, 15) is 5.26 Å². The van der Waals surface area contributed by atoms with Crippen LogP contribution in [0.1, 0.15) is 47.5 Å². The third-order valence-corrected chi connectivity index (χ3v) is 4.38. The maximum Gasteiger partial charge on any atom is 0.122 e. The summed E-state index contributed by atoms with van der Waals surface area (Å²) in [5.74, 6) is 0.539. The molecule has 1 saturated carbocycles. The summed E-state index contributed by atoms with van der Waals surface area (Å²) in [6, 6.07) is 3.02. The Morgan fingerprint density at radius 1 is 1.39 bits per heavy atom. The molecule has 2 atom stereocenters. The highest BCUT2D eigenvalue weighted by Crippen LogP contribution is 2.40. The Morgan fingerprint density at radius 3 is 2.28 bits per heavy atom. The lowest BCUT2D eigenvalue weighted by molar-refractivity contribution is 0.110. The maximum absolute atomic E-state index is 9.61. The highest BCUT2D eigenvalue weighted by Gasteiger charge is 2.46. The van der Waals surface area contributed by atoms with Crippen LogP contribution in [0.2, 0.25) is 0 Å². The number of hydrogen-bond acceptors (Lipinski definition) is 3. The van der Waals surface area contributed by atoms with Gasteiger partial charge in [-0.1, -0.05) is 27.7 Å². The van der Waals surface area contributed by atoms with E-state index in [4.69, 9.17) is 0 Å². The summed E-state index contributed by atoms with van der Waals surface area (Å²) in [4.78, 5) is 2.34. The molecule has 0 heterocycles. The lowest BCUT2D eigenvalue weighted by Gasteiger charge is -2.40. The predicted octanol–water partition coefficient (Wildman–Crippen LogP) is 2.63. The normalized spacial score (nSPS) is 21.4. The molecule has 1 fully saturated rings. The van der Waals surface area contributed by atoms with E-state index in [-0.39, 0.29) is 11.0 Å². The Labute approximate surface area is 113 Å². The average Bonchev–Trinajstić information content (AvgIpc) is 3.10. The molecular formula is C15H29N3. The van der Waals surface area contributed by atoms with E-state index in [1.807, 2.05) is 0 Å². The molecule has 1 N–H and O–H groups in total. The highest BCUT2D eigenvalue weighted by molar-refractivity contribution is 5.16. The fraction of sp³-hybridized carbons (Fsp3) is 0.933. The zero-order valence-corrected chi connectivity index (χ0v) is 12.9. The smallest absolute Gasteiger partial charge is 0.122 e. The van der Waals surface area contributed by atoms with Crippen LogP contribution in [0.4, 0.5) is 0 Å². The summed E-state index contributed by atoms with van der Waals surface area (Å²) in [5, 5.41) is 13.1. The Kier molecular flexibility index (Phi) is 4.80. The molecule has 18 heavy (non-hydrogen) atoms. The van der Waals surface area contributed by atoms with Crippen molar-refractivity contribution in [3.8, 4) is 6.07 Å². The third kappa shape index (κ3) is 3.46. The van der Waals surface area contributed by atoms with E-state index in [2.05, 4.69) is 58.0 Å². The van der Waals surface area contributed by atoms with E-state index >= 15 is 0 Å². The summed E-state index contributed by atoms with van der Waals surface area (Å²) in [6.45, 7) is 12.8. The molecule has 3 heteroatoms. The molecule has 3 nitrogen and oxygen atoms in total. The fourth-order valence-electron chi connectivity index (χ4n) is 2.58. The second kappa shape index (κ2) is 5.59. The van der Waals surface area contributed by atoms with Gasteiger partial charge in [-0.15, -0.1) is 0 Å². The van der Waals surface area contributed by atoms with Crippen LogP contribution in [-0.2, 0) is 0 Å². The van der Waals surface area contributed by atoms with Gasteiger partial charge in [0.2, 0.25) is 0 Å². The Balaban J connectivity index is 2.75. The first-order valence-electron chi connectivity index (χ1n) is 7.13. The molecule has 0 saturated heterocycles. The standard InChI is InChI=1S/C15H29N3/c1-7-17-15(10-16,13-8-9-13)11-18(6)12(2)14(3,4)5/h12-13,17H,7-9,11H2,1-6H3. The van der Waals surface area contributed by atoms with Crippen molar-refractivity contribution in [2.75, 3.05) is 20.1 Å². The van der Waals surface area contributed by atoms with Gasteiger partial charge in [-0.25, -0.2) is 0 Å². The van der Waals surface area contributed by atoms with Crippen LogP contribution < -0.4 is 5.32 Å². The largest absolute Gasteiger partial charge is 0.300 e. The van der Waals surface area contributed by atoms with Crippen molar-refractivity contribution in [3.63, 3.8) is 0 Å². The Hall–Kier alpha value is -0.590. The Morgan fingerprint density at radius 2 is 1.94 bits per heavy atom. The minimum absolute atomic E-state index is 0.242. The van der Waals surface area contributed by atoms with Crippen LogP contribution in [-0.4, -0.2) is 36.6 Å². The van der Waals surface area contributed by atoms with Gasteiger partial charge in [-0.05, 0) is 44.7 Å². The van der Waals surface area contributed by atoms with Gasteiger partial charge in [0.1, 0.15) is 5.54 Å². The number of rotatable bonds is 6. The number of likely N-dealkylation sites (N-methyl/N-ethyl adjacent to an activating group) is 2. The summed E-state index contributed by atoms with van der Waals surface area (Å²) in [5.41, 5.74) is -0.102. The van der Waals surface area contributed by atoms with Crippen molar-refractivity contribution in [3.05, 3.63) is 0 Å². The third-order valence-electron chi connectivity index (χ3n) is 4.38. The summed E-state index contributed by atoms with van der Waals surface area (Å²) < 4.78 is 0. The van der Waals surface area contributed by atoms with Crippen LogP contribution >= 0.6 is 0 Å². The molecule has 0 aromatic rings. The van der Waals surface area contributed by atoms with Crippen molar-refractivity contribution < 1.29 is 0 Å². The van der Waals surface area contributed by atoms with Crippen LogP contribution in [0.3, 0.4) is 0 Å². The Bertz CT molecular complexity index is 309. The average molecular weight is 251 g/mol. The molecule has 0 spiro atoms. The summed E-state index contributed by atoms with van der Waals surface area (Å²) in [7, 11) is 2.14. The van der Waals surface area contributed by atoms with Crippen molar-refractivity contribution in [2.24, 2.45) is 11.3 Å². The van der Waals surface area contributed by atoms with E-state index in [1.54, 1.807) is 0 Å². The molecule has 0 aliphatic heterocycles. The molecule has 0 aromatic heterocycles. The molecule has 1 rings (SSSR count). The van der Waals surface area contributed by atoms with Gasteiger partial charge in [0.15, 0.2) is 0 Å². The molecule has 0 amide bonds. The van der Waals surface area contributed by atoms with Crippen LogP contribution in [0.25, 0.3) is 0 Å². The number of nitriles is 1. The van der Waals surface area contributed by atoms with Gasteiger partial charge in [0, 0.05) is 12.6 Å². The SMILES string of the molecule is CCNC(C#N)(CN(C)C(C)C(C)(C)C)C1CC1. The minimum atomic E-state index is -0.344. The molecule has 0 aromatic carbocycles. The van der Waals surface area contributed by atoms with E-state index in [0.717, 1.165) is 13.1 Å². The van der Waals surface area contributed by atoms with Crippen LogP contribution in [0.15, 0.2) is 0 Å². The maximum atomic E-state index is 9.61. The fourth-order valence-corrected chi connectivity index (χ4v) is 2.58. The molecule has 1 aliphatic rings. The van der Waals surface area contributed by atoms with E-state index < -0.39 is 0 Å². The van der Waals surface area contributed by atoms with Crippen LogP contribution in [0, 0.1) is 22.7 Å². The molecular weight excluding hydrogens is 222 g/mol. The molecule has 0 bridgehead atoms. The first-order chi connectivity index (χ1) is 8.27. The first-order valence-corrected chi connectivity index (χ1v) is 7.13. The summed E-state index contributed by atoms with van der Waals surface area (Å²) >= 11 is 0. The van der Waals surface area contributed by atoms with Crippen molar-refractivity contribution in [1.82, 2.24) is 10.2 Å². The van der Waals surface area contributed by atoms with Gasteiger partial charge in [-0.2, -0.15) is 5.26 Å². The number of hydrogen-bond donors (Lipinski definition) is 1.